The maximum Gasteiger partial charge on any atom is 0.272 e. The van der Waals surface area contributed by atoms with E-state index >= 15 is 0 Å². The van der Waals surface area contributed by atoms with Gasteiger partial charge in [0.25, 0.3) is 5.91 Å². The molecule has 1 aliphatic heterocycles. The predicted molar refractivity (Wildman–Crippen MR) is 74.5 cm³/mol. The molecule has 1 unspecified atom stereocenters. The highest BCUT2D eigenvalue weighted by atomic mass is 16.2. The van der Waals surface area contributed by atoms with Gasteiger partial charge in [0.1, 0.15) is 6.04 Å². The number of aromatic nitrogens is 2. The largest absolute Gasteiger partial charge is 0.357 e. The lowest BCUT2D eigenvalue weighted by Gasteiger charge is -2.21. The molecule has 0 aliphatic carbocycles. The number of H-pyrrole nitrogens is 1. The fraction of sp³-hybridized carbons (Fsp3) is 0.286. The quantitative estimate of drug-likeness (QED) is 0.695. The van der Waals surface area contributed by atoms with E-state index in [4.69, 9.17) is 0 Å². The lowest BCUT2D eigenvalue weighted by molar-refractivity contribution is -0.134. The molecule has 3 N–H and O–H groups in total. The molecule has 21 heavy (non-hydrogen) atoms. The van der Waals surface area contributed by atoms with Gasteiger partial charge in [0, 0.05) is 23.7 Å². The normalized spacial score (nSPS) is 18.6. The second-order valence-corrected chi connectivity index (χ2v) is 5.05. The molecule has 1 saturated heterocycles. The molecule has 3 amide bonds. The second kappa shape index (κ2) is 5.01. The van der Waals surface area contributed by atoms with Crippen LogP contribution in [0, 0.1) is 6.92 Å². The number of fused-ring (bicyclic) bond motifs is 1. The molecule has 2 aromatic rings. The molecule has 3 heterocycles. The Balaban J connectivity index is 1.84. The Morgan fingerprint density at radius 2 is 2.24 bits per heavy atom. The van der Waals surface area contributed by atoms with Gasteiger partial charge in [-0.25, -0.2) is 4.98 Å². The van der Waals surface area contributed by atoms with Crippen LogP contribution < -0.4 is 10.6 Å². The van der Waals surface area contributed by atoms with E-state index in [1.54, 1.807) is 6.20 Å². The van der Waals surface area contributed by atoms with Crippen molar-refractivity contribution >= 4 is 28.6 Å². The summed E-state index contributed by atoms with van der Waals surface area (Å²) in [7, 11) is 0. The van der Waals surface area contributed by atoms with Gasteiger partial charge in [0.2, 0.25) is 11.8 Å². The summed E-state index contributed by atoms with van der Waals surface area (Å²) >= 11 is 0. The Labute approximate surface area is 120 Å². The smallest absolute Gasteiger partial charge is 0.272 e. The third-order valence-corrected chi connectivity index (χ3v) is 3.44. The number of nitrogens with one attached hydrogen (secondary N) is 3. The summed E-state index contributed by atoms with van der Waals surface area (Å²) in [6.45, 7) is 1.89. The molecule has 0 spiro atoms. The van der Waals surface area contributed by atoms with Gasteiger partial charge in [-0.1, -0.05) is 0 Å². The summed E-state index contributed by atoms with van der Waals surface area (Å²) in [4.78, 5) is 42.2. The molecule has 1 aliphatic rings. The summed E-state index contributed by atoms with van der Waals surface area (Å²) < 4.78 is 0. The number of aromatic amines is 1. The van der Waals surface area contributed by atoms with Crippen LogP contribution in [0.3, 0.4) is 0 Å². The van der Waals surface area contributed by atoms with Crippen LogP contribution in [0.2, 0.25) is 0 Å². The zero-order chi connectivity index (χ0) is 15.0. The number of rotatable bonds is 2. The average molecular weight is 286 g/mol. The van der Waals surface area contributed by atoms with E-state index in [0.717, 1.165) is 11.1 Å². The number of nitrogens with zero attached hydrogens (tertiary/aromatic N) is 1. The monoisotopic (exact) mass is 286 g/mol. The molecule has 7 heteroatoms. The fourth-order valence-corrected chi connectivity index (χ4v) is 2.42. The molecule has 7 nitrogen and oxygen atoms in total. The third kappa shape index (κ3) is 2.49. The molecule has 108 valence electrons. The Bertz CT molecular complexity index is 750. The van der Waals surface area contributed by atoms with Crippen molar-refractivity contribution < 1.29 is 14.4 Å². The summed E-state index contributed by atoms with van der Waals surface area (Å²) in [5, 5.41) is 5.71. The molecule has 0 bridgehead atoms. The van der Waals surface area contributed by atoms with Crippen molar-refractivity contribution in [3.8, 4) is 0 Å². The van der Waals surface area contributed by atoms with Crippen LogP contribution in [0.15, 0.2) is 18.3 Å². The maximum absolute atomic E-state index is 12.3. The van der Waals surface area contributed by atoms with Gasteiger partial charge in [-0.15, -0.1) is 0 Å². The highest BCUT2D eigenvalue weighted by Gasteiger charge is 2.28. The molecule has 1 fully saturated rings. The van der Waals surface area contributed by atoms with Crippen molar-refractivity contribution in [2.75, 3.05) is 0 Å². The van der Waals surface area contributed by atoms with E-state index in [0.29, 0.717) is 11.9 Å². The van der Waals surface area contributed by atoms with E-state index in [9.17, 15) is 14.4 Å². The van der Waals surface area contributed by atoms with Gasteiger partial charge in [0.15, 0.2) is 5.69 Å². The van der Waals surface area contributed by atoms with E-state index in [1.807, 2.05) is 19.1 Å². The van der Waals surface area contributed by atoms with Gasteiger partial charge in [0.05, 0.1) is 5.52 Å². The van der Waals surface area contributed by atoms with Gasteiger partial charge in [-0.3, -0.25) is 19.7 Å². The number of carbonyl (C=O) groups excluding carboxylic acids is 3. The molecular formula is C14H14N4O3. The van der Waals surface area contributed by atoms with Crippen LogP contribution in [-0.4, -0.2) is 33.7 Å². The predicted octanol–water partition coefficient (Wildman–Crippen LogP) is 0.406. The Hall–Kier alpha value is -2.70. The third-order valence-electron chi connectivity index (χ3n) is 3.44. The number of amides is 3. The van der Waals surface area contributed by atoms with Gasteiger partial charge >= 0.3 is 0 Å². The van der Waals surface area contributed by atoms with Crippen LogP contribution in [0.1, 0.15) is 29.0 Å². The lowest BCUT2D eigenvalue weighted by atomic mass is 10.1. The van der Waals surface area contributed by atoms with Crippen LogP contribution in [0.5, 0.6) is 0 Å². The van der Waals surface area contributed by atoms with Crippen LogP contribution >= 0.6 is 0 Å². The molecule has 3 rings (SSSR count). The summed E-state index contributed by atoms with van der Waals surface area (Å²) in [6.07, 6.45) is 2.07. The minimum atomic E-state index is -0.705. The maximum atomic E-state index is 12.3. The first-order valence-corrected chi connectivity index (χ1v) is 6.63. The summed E-state index contributed by atoms with van der Waals surface area (Å²) in [5.41, 5.74) is 1.80. The summed E-state index contributed by atoms with van der Waals surface area (Å²) in [5.74, 6) is -1.22. The number of imide groups is 1. The zero-order valence-electron chi connectivity index (χ0n) is 11.4. The van der Waals surface area contributed by atoms with E-state index in [1.165, 1.54) is 0 Å². The SMILES string of the molecule is Cc1cc2ccnc(C(=O)NC3CCC(=O)NC3=O)c2[nH]1. The Kier molecular flexibility index (Phi) is 3.17. The van der Waals surface area contributed by atoms with Crippen molar-refractivity contribution in [2.45, 2.75) is 25.8 Å². The minimum Gasteiger partial charge on any atom is -0.357 e. The number of hydrogen-bond acceptors (Lipinski definition) is 4. The second-order valence-electron chi connectivity index (χ2n) is 5.05. The number of aryl methyl sites for hydroxylation is 1. The number of piperidine rings is 1. The van der Waals surface area contributed by atoms with Crippen LogP contribution in [0.25, 0.3) is 10.9 Å². The molecule has 2 aromatic heterocycles. The average Bonchev–Trinajstić information content (AvgIpc) is 2.81. The van der Waals surface area contributed by atoms with Crippen LogP contribution in [0.4, 0.5) is 0 Å². The van der Waals surface area contributed by atoms with E-state index < -0.39 is 17.9 Å². The van der Waals surface area contributed by atoms with E-state index in [2.05, 4.69) is 20.6 Å². The van der Waals surface area contributed by atoms with Gasteiger partial charge < -0.3 is 10.3 Å². The van der Waals surface area contributed by atoms with Crippen molar-refractivity contribution in [2.24, 2.45) is 0 Å². The van der Waals surface area contributed by atoms with Crippen LogP contribution in [-0.2, 0) is 9.59 Å². The Morgan fingerprint density at radius 1 is 1.43 bits per heavy atom. The van der Waals surface area contributed by atoms with Crippen molar-refractivity contribution in [3.63, 3.8) is 0 Å². The molecule has 0 aromatic carbocycles. The minimum absolute atomic E-state index is 0.218. The Morgan fingerprint density at radius 3 is 3.00 bits per heavy atom. The van der Waals surface area contributed by atoms with Crippen molar-refractivity contribution in [1.82, 2.24) is 20.6 Å². The summed E-state index contributed by atoms with van der Waals surface area (Å²) in [6, 6.07) is 3.02. The first kappa shape index (κ1) is 13.3. The zero-order valence-corrected chi connectivity index (χ0v) is 11.4. The molecule has 0 radical (unpaired) electrons. The topological polar surface area (TPSA) is 104 Å². The van der Waals surface area contributed by atoms with Crippen molar-refractivity contribution in [1.29, 1.82) is 0 Å². The van der Waals surface area contributed by atoms with Gasteiger partial charge in [-0.05, 0) is 25.5 Å². The molecule has 0 saturated carbocycles. The number of pyridine rings is 1. The fourth-order valence-electron chi connectivity index (χ4n) is 2.42. The van der Waals surface area contributed by atoms with Gasteiger partial charge in [-0.2, -0.15) is 0 Å². The highest BCUT2D eigenvalue weighted by molar-refractivity contribution is 6.07. The van der Waals surface area contributed by atoms with E-state index in [-0.39, 0.29) is 18.0 Å². The number of carbonyl (C=O) groups is 3. The highest BCUT2D eigenvalue weighted by Crippen LogP contribution is 2.17. The first-order chi connectivity index (χ1) is 10.0. The standard InChI is InChI=1S/C14H14N4O3/c1-7-6-8-4-5-15-12(11(8)16-7)14(21)17-9-2-3-10(19)18-13(9)20/h4-6,9,16H,2-3H2,1H3,(H,17,21)(H,18,19,20). The number of hydrogen-bond donors (Lipinski definition) is 3. The lowest BCUT2D eigenvalue weighted by Crippen LogP contribution is -2.52. The van der Waals surface area contributed by atoms with Crippen molar-refractivity contribution in [3.05, 3.63) is 29.7 Å². The molecular weight excluding hydrogens is 272 g/mol. The first-order valence-electron chi connectivity index (χ1n) is 6.63. The molecule has 1 atom stereocenters.